The third-order valence-corrected chi connectivity index (χ3v) is 2.97. The van der Waals surface area contributed by atoms with E-state index in [1.165, 1.54) is 10.9 Å². The highest BCUT2D eigenvalue weighted by Crippen LogP contribution is 2.15. The third kappa shape index (κ3) is 3.46. The molecule has 0 bridgehead atoms. The Hall–Kier alpha value is -2.06. The van der Waals surface area contributed by atoms with E-state index in [1.807, 2.05) is 0 Å². The molecule has 0 saturated carbocycles. The summed E-state index contributed by atoms with van der Waals surface area (Å²) in [5.41, 5.74) is -1.60. The fourth-order valence-corrected chi connectivity index (χ4v) is 1.63. The molecule has 0 atom stereocenters. The molecule has 1 heterocycles. The van der Waals surface area contributed by atoms with Crippen LogP contribution in [-0.2, 0) is 13.0 Å². The Bertz CT molecular complexity index is 445. The zero-order valence-electron chi connectivity index (χ0n) is 11.0. The van der Waals surface area contributed by atoms with Gasteiger partial charge in [-0.15, -0.1) is 5.10 Å². The van der Waals surface area contributed by atoms with Crippen molar-refractivity contribution < 1.29 is 9.85 Å². The highest BCUT2D eigenvalue weighted by molar-refractivity contribution is 4.94. The van der Waals surface area contributed by atoms with Gasteiger partial charge in [0.2, 0.25) is 0 Å². The lowest BCUT2D eigenvalue weighted by atomic mass is 10.1. The first-order chi connectivity index (χ1) is 8.91. The lowest BCUT2D eigenvalue weighted by Gasteiger charge is -2.13. The molecule has 0 unspecified atom stereocenters. The summed E-state index contributed by atoms with van der Waals surface area (Å²) in [5.74, 6) is 0. The summed E-state index contributed by atoms with van der Waals surface area (Å²) in [5, 5.41) is 29.1. The van der Waals surface area contributed by atoms with Gasteiger partial charge in [0, 0.05) is 0 Å². The zero-order valence-corrected chi connectivity index (χ0v) is 11.0. The summed E-state index contributed by atoms with van der Waals surface area (Å²) < 4.78 is 1.25. The Morgan fingerprint density at radius 3 is 2.47 bits per heavy atom. The third-order valence-electron chi connectivity index (χ3n) is 2.97. The minimum absolute atomic E-state index is 0.422. The van der Waals surface area contributed by atoms with Crippen LogP contribution in [0.15, 0.2) is 6.20 Å². The van der Waals surface area contributed by atoms with Gasteiger partial charge >= 0.3 is 5.66 Å². The normalized spacial score (nSPS) is 11.5. The molecule has 19 heavy (non-hydrogen) atoms. The maximum Gasteiger partial charge on any atom is 0.474 e. The maximum atomic E-state index is 10.9. The predicted octanol–water partition coefficient (Wildman–Crippen LogP) is 1.28. The largest absolute Gasteiger partial charge is 0.474 e. The Kier molecular flexibility index (Phi) is 4.90. The van der Waals surface area contributed by atoms with E-state index in [0.717, 1.165) is 26.2 Å². The number of nitrogens with zero attached hydrogens (tertiary/aromatic N) is 5. The van der Waals surface area contributed by atoms with Crippen LogP contribution in [0.5, 0.6) is 0 Å². The van der Waals surface area contributed by atoms with Crippen molar-refractivity contribution in [2.75, 3.05) is 0 Å². The Balaban J connectivity index is 2.84. The van der Waals surface area contributed by atoms with Crippen LogP contribution in [0.25, 0.3) is 0 Å². The molecule has 1 aromatic heterocycles. The van der Waals surface area contributed by atoms with Gasteiger partial charge in [0.15, 0.2) is 6.54 Å². The quantitative estimate of drug-likeness (QED) is 0.304. The molecule has 0 amide bonds. The highest BCUT2D eigenvalue weighted by atomic mass is 16.7. The van der Waals surface area contributed by atoms with E-state index in [4.69, 9.17) is 0 Å². The van der Waals surface area contributed by atoms with Gasteiger partial charge in [0.1, 0.15) is 9.85 Å². The maximum absolute atomic E-state index is 10.9. The first kappa shape index (κ1) is 15.0. The predicted molar refractivity (Wildman–Crippen MR) is 65.6 cm³/mol. The fraction of sp³-hybridized carbons (Fsp3) is 0.800. The molecule has 9 heteroatoms. The van der Waals surface area contributed by atoms with Crippen molar-refractivity contribution in [2.24, 2.45) is 0 Å². The van der Waals surface area contributed by atoms with E-state index < -0.39 is 22.1 Å². The lowest BCUT2D eigenvalue weighted by molar-refractivity contribution is -0.794. The molecule has 106 valence electrons. The molecular weight excluding hydrogens is 254 g/mol. The number of hydrogen-bond donors (Lipinski definition) is 0. The first-order valence-corrected chi connectivity index (χ1v) is 6.08. The van der Waals surface area contributed by atoms with Crippen LogP contribution in [0.2, 0.25) is 0 Å². The monoisotopic (exact) mass is 271 g/mol. The second-order valence-electron chi connectivity index (χ2n) is 4.57. The molecule has 9 nitrogen and oxygen atoms in total. The van der Waals surface area contributed by atoms with E-state index in [-0.39, 0.29) is 0 Å². The van der Waals surface area contributed by atoms with Gasteiger partial charge in [-0.2, -0.15) is 0 Å². The molecule has 0 aliphatic carbocycles. The molecule has 0 aromatic carbocycles. The minimum atomic E-state index is -2.28. The van der Waals surface area contributed by atoms with E-state index in [2.05, 4.69) is 17.2 Å². The summed E-state index contributed by atoms with van der Waals surface area (Å²) in [6.45, 7) is 2.62. The number of unbranched alkanes of at least 4 members (excludes halogenated alkanes) is 2. The molecule has 0 aliphatic heterocycles. The van der Waals surface area contributed by atoms with Crippen molar-refractivity contribution in [2.45, 2.75) is 51.7 Å². The molecule has 0 N–H and O–H groups in total. The molecule has 0 radical (unpaired) electrons. The van der Waals surface area contributed by atoms with Crippen molar-refractivity contribution in [3.8, 4) is 0 Å². The summed E-state index contributed by atoms with van der Waals surface area (Å²) in [6, 6.07) is 0. The molecule has 1 rings (SSSR count). The Labute approximate surface area is 109 Å². The standard InChI is InChI=1S/C10H17N5O4/c1-3-4-5-6-9-7-11-12-13(9)8-10(2,14(16)17)15(18)19/h7H,3-6,8H2,1-2H3. The van der Waals surface area contributed by atoms with Crippen LogP contribution in [-0.4, -0.2) is 30.5 Å². The number of nitro groups is 2. The molecule has 0 spiro atoms. The average Bonchev–Trinajstić information content (AvgIpc) is 2.76. The van der Waals surface area contributed by atoms with Crippen molar-refractivity contribution in [3.05, 3.63) is 32.1 Å². The lowest BCUT2D eigenvalue weighted by Crippen LogP contribution is -2.47. The summed E-state index contributed by atoms with van der Waals surface area (Å²) in [4.78, 5) is 19.9. The van der Waals surface area contributed by atoms with Gasteiger partial charge < -0.3 is 0 Å². The molecule has 0 aliphatic rings. The minimum Gasteiger partial charge on any atom is -0.258 e. The van der Waals surface area contributed by atoms with Crippen molar-refractivity contribution >= 4 is 0 Å². The van der Waals surface area contributed by atoms with Gasteiger partial charge in [-0.1, -0.05) is 25.0 Å². The van der Waals surface area contributed by atoms with Gasteiger partial charge in [0.05, 0.1) is 18.8 Å². The summed E-state index contributed by atoms with van der Waals surface area (Å²) in [6.07, 6.45) is 5.12. The second kappa shape index (κ2) is 6.21. The molecule has 0 fully saturated rings. The van der Waals surface area contributed by atoms with Crippen molar-refractivity contribution in [3.63, 3.8) is 0 Å². The van der Waals surface area contributed by atoms with E-state index >= 15 is 0 Å². The first-order valence-electron chi connectivity index (χ1n) is 6.08. The van der Waals surface area contributed by atoms with Gasteiger partial charge in [-0.05, 0) is 12.8 Å². The Morgan fingerprint density at radius 1 is 1.32 bits per heavy atom. The highest BCUT2D eigenvalue weighted by Gasteiger charge is 2.51. The fourth-order valence-electron chi connectivity index (χ4n) is 1.63. The Morgan fingerprint density at radius 2 is 1.95 bits per heavy atom. The van der Waals surface area contributed by atoms with Crippen molar-refractivity contribution in [1.82, 2.24) is 15.0 Å². The SMILES string of the molecule is CCCCCc1cnnn1CC(C)([N+](=O)[O-])[N+](=O)[O-]. The number of aryl methyl sites for hydroxylation is 1. The van der Waals surface area contributed by atoms with Crippen LogP contribution in [0.1, 0.15) is 38.8 Å². The number of hydrogen-bond acceptors (Lipinski definition) is 6. The van der Waals surface area contributed by atoms with E-state index in [0.29, 0.717) is 12.1 Å². The van der Waals surface area contributed by atoms with Crippen molar-refractivity contribution in [1.29, 1.82) is 0 Å². The molecule has 0 saturated heterocycles. The summed E-state index contributed by atoms with van der Waals surface area (Å²) >= 11 is 0. The van der Waals surface area contributed by atoms with Crippen LogP contribution >= 0.6 is 0 Å². The smallest absolute Gasteiger partial charge is 0.258 e. The number of rotatable bonds is 8. The second-order valence-corrected chi connectivity index (χ2v) is 4.57. The van der Waals surface area contributed by atoms with Crippen LogP contribution < -0.4 is 0 Å². The van der Waals surface area contributed by atoms with Gasteiger partial charge in [0.25, 0.3) is 0 Å². The van der Waals surface area contributed by atoms with Crippen LogP contribution in [0, 0.1) is 20.2 Å². The van der Waals surface area contributed by atoms with E-state index in [1.54, 1.807) is 0 Å². The molecule has 1 aromatic rings. The van der Waals surface area contributed by atoms with E-state index in [9.17, 15) is 20.2 Å². The summed E-state index contributed by atoms with van der Waals surface area (Å²) in [7, 11) is 0. The van der Waals surface area contributed by atoms with Gasteiger partial charge in [-0.25, -0.2) is 4.68 Å². The van der Waals surface area contributed by atoms with Crippen LogP contribution in [0.4, 0.5) is 0 Å². The van der Waals surface area contributed by atoms with Crippen LogP contribution in [0.3, 0.4) is 0 Å². The average molecular weight is 271 g/mol. The van der Waals surface area contributed by atoms with Gasteiger partial charge in [-0.3, -0.25) is 20.2 Å². The number of aromatic nitrogens is 3. The zero-order chi connectivity index (χ0) is 14.5. The molecular formula is C10H17N5O4. The topological polar surface area (TPSA) is 117 Å².